The number of hydrogen-bond acceptors (Lipinski definition) is 6. The van der Waals surface area contributed by atoms with E-state index in [0.717, 1.165) is 75.5 Å². The van der Waals surface area contributed by atoms with Crippen LogP contribution in [0.2, 0.25) is 0 Å². The van der Waals surface area contributed by atoms with Crippen LogP contribution in [0.25, 0.3) is 0 Å². The van der Waals surface area contributed by atoms with Crippen LogP contribution in [0.1, 0.15) is 253 Å². The topological polar surface area (TPSA) is 78.9 Å². The monoisotopic (exact) mass is 765 g/mol. The van der Waals surface area contributed by atoms with E-state index in [2.05, 4.69) is 41.5 Å². The summed E-state index contributed by atoms with van der Waals surface area (Å²) < 4.78 is 16.7. The zero-order valence-corrected chi connectivity index (χ0v) is 37.0. The van der Waals surface area contributed by atoms with Crippen molar-refractivity contribution in [3.63, 3.8) is 0 Å². The van der Waals surface area contributed by atoms with Crippen LogP contribution >= 0.6 is 0 Å². The minimum Gasteiger partial charge on any atom is -0.462 e. The molecule has 0 aliphatic heterocycles. The van der Waals surface area contributed by atoms with E-state index in [1.165, 1.54) is 135 Å². The van der Waals surface area contributed by atoms with Crippen molar-refractivity contribution in [1.29, 1.82) is 0 Å². The lowest BCUT2D eigenvalue weighted by Crippen LogP contribution is -2.30. The summed E-state index contributed by atoms with van der Waals surface area (Å²) in [5.74, 6) is 1.60. The van der Waals surface area contributed by atoms with Crippen LogP contribution in [-0.2, 0) is 28.6 Å². The van der Waals surface area contributed by atoms with Crippen molar-refractivity contribution in [2.45, 2.75) is 260 Å². The Labute approximate surface area is 336 Å². The van der Waals surface area contributed by atoms with Gasteiger partial charge in [0, 0.05) is 19.3 Å². The highest BCUT2D eigenvalue weighted by Gasteiger charge is 2.19. The maximum atomic E-state index is 12.7. The van der Waals surface area contributed by atoms with Gasteiger partial charge in [-0.25, -0.2) is 0 Å². The molecule has 6 nitrogen and oxygen atoms in total. The Morgan fingerprint density at radius 1 is 0.370 bits per heavy atom. The van der Waals surface area contributed by atoms with Crippen LogP contribution in [0, 0.1) is 17.8 Å². The lowest BCUT2D eigenvalue weighted by atomic mass is 10.00. The summed E-state index contributed by atoms with van der Waals surface area (Å²) in [5.41, 5.74) is 0. The van der Waals surface area contributed by atoms with Crippen molar-refractivity contribution in [3.8, 4) is 0 Å². The summed E-state index contributed by atoms with van der Waals surface area (Å²) in [6.45, 7) is 13.6. The first-order valence-corrected chi connectivity index (χ1v) is 23.7. The number of hydrogen-bond donors (Lipinski definition) is 0. The van der Waals surface area contributed by atoms with E-state index in [-0.39, 0.29) is 31.1 Å². The van der Waals surface area contributed by atoms with Gasteiger partial charge in [0.2, 0.25) is 0 Å². The zero-order valence-electron chi connectivity index (χ0n) is 37.0. The van der Waals surface area contributed by atoms with Crippen LogP contribution in [0.5, 0.6) is 0 Å². The molecule has 0 bridgehead atoms. The Hall–Kier alpha value is -1.59. The largest absolute Gasteiger partial charge is 0.462 e. The van der Waals surface area contributed by atoms with Gasteiger partial charge in [-0.2, -0.15) is 0 Å². The van der Waals surface area contributed by atoms with Gasteiger partial charge < -0.3 is 14.2 Å². The lowest BCUT2D eigenvalue weighted by molar-refractivity contribution is -0.167. The summed E-state index contributed by atoms with van der Waals surface area (Å²) in [6.07, 6.45) is 36.6. The minimum absolute atomic E-state index is 0.0668. The molecule has 0 aromatic carbocycles. The van der Waals surface area contributed by atoms with E-state index < -0.39 is 6.10 Å². The molecule has 0 aromatic heterocycles. The highest BCUT2D eigenvalue weighted by atomic mass is 16.6. The van der Waals surface area contributed by atoms with Crippen molar-refractivity contribution in [2.75, 3.05) is 13.2 Å². The Balaban J connectivity index is 4.30. The van der Waals surface area contributed by atoms with Crippen molar-refractivity contribution in [3.05, 3.63) is 0 Å². The average molecular weight is 765 g/mol. The third-order valence-corrected chi connectivity index (χ3v) is 11.4. The first-order valence-electron chi connectivity index (χ1n) is 23.7. The smallest absolute Gasteiger partial charge is 0.306 e. The van der Waals surface area contributed by atoms with E-state index >= 15 is 0 Å². The molecule has 0 rings (SSSR count). The highest BCUT2D eigenvalue weighted by Crippen LogP contribution is 2.18. The zero-order chi connectivity index (χ0) is 39.9. The maximum absolute atomic E-state index is 12.7. The van der Waals surface area contributed by atoms with Crippen molar-refractivity contribution >= 4 is 17.9 Å². The predicted octanol–water partition coefficient (Wildman–Crippen LogP) is 14.8. The molecule has 0 saturated heterocycles. The number of unbranched alkanes of at least 4 members (excludes halogenated alkanes) is 22. The van der Waals surface area contributed by atoms with Gasteiger partial charge in [-0.3, -0.25) is 14.4 Å². The molecule has 54 heavy (non-hydrogen) atoms. The second-order valence-corrected chi connectivity index (χ2v) is 17.4. The minimum atomic E-state index is -0.763. The third-order valence-electron chi connectivity index (χ3n) is 11.4. The van der Waals surface area contributed by atoms with E-state index in [4.69, 9.17) is 14.2 Å². The van der Waals surface area contributed by atoms with Gasteiger partial charge in [0.05, 0.1) is 0 Å². The van der Waals surface area contributed by atoms with E-state index in [1.807, 2.05) is 0 Å². The molecule has 0 heterocycles. The SMILES string of the molecule is CCC(C)CCCCCCCCC(=O)OC[C@H](COC(=O)CCCCCCCCCCCCCCCC(C)C)OC(=O)CCCCCCCCC(C)CC. The van der Waals surface area contributed by atoms with Gasteiger partial charge in [-0.05, 0) is 37.0 Å². The van der Waals surface area contributed by atoms with Crippen LogP contribution in [-0.4, -0.2) is 37.2 Å². The molecule has 0 fully saturated rings. The summed E-state index contributed by atoms with van der Waals surface area (Å²) in [5, 5.41) is 0. The van der Waals surface area contributed by atoms with Crippen LogP contribution in [0.15, 0.2) is 0 Å². The molecule has 0 saturated carbocycles. The molecule has 0 aromatic rings. The first kappa shape index (κ1) is 52.4. The predicted molar refractivity (Wildman–Crippen MR) is 229 cm³/mol. The van der Waals surface area contributed by atoms with Crippen LogP contribution in [0.3, 0.4) is 0 Å². The molecule has 0 N–H and O–H groups in total. The standard InChI is InChI=1S/C48H92O6/c1-7-43(5)35-29-23-18-20-26-32-38-47(50)53-41-45(54-48(51)39-33-27-21-19-24-30-36-44(6)8-2)40-52-46(49)37-31-25-17-15-13-11-9-10-12-14-16-22-28-34-42(3)4/h42-45H,7-41H2,1-6H3/t43?,44?,45-/m0/s1. The second kappa shape index (κ2) is 39.6. The summed E-state index contributed by atoms with van der Waals surface area (Å²) in [7, 11) is 0. The Morgan fingerprint density at radius 2 is 0.648 bits per heavy atom. The van der Waals surface area contributed by atoms with Crippen molar-refractivity contribution in [2.24, 2.45) is 17.8 Å². The van der Waals surface area contributed by atoms with E-state index in [9.17, 15) is 14.4 Å². The van der Waals surface area contributed by atoms with Gasteiger partial charge in [0.1, 0.15) is 13.2 Å². The van der Waals surface area contributed by atoms with Gasteiger partial charge in [-0.15, -0.1) is 0 Å². The van der Waals surface area contributed by atoms with Crippen LogP contribution < -0.4 is 0 Å². The number of carbonyl (C=O) groups excluding carboxylic acids is 3. The second-order valence-electron chi connectivity index (χ2n) is 17.4. The summed E-state index contributed by atoms with van der Waals surface area (Å²) in [6, 6.07) is 0. The molecule has 0 spiro atoms. The molecular weight excluding hydrogens is 673 g/mol. The molecule has 3 atom stereocenters. The maximum Gasteiger partial charge on any atom is 0.306 e. The fraction of sp³-hybridized carbons (Fsp3) is 0.938. The first-order chi connectivity index (χ1) is 26.2. The Bertz CT molecular complexity index is 841. The fourth-order valence-corrected chi connectivity index (χ4v) is 6.99. The number of esters is 3. The highest BCUT2D eigenvalue weighted by molar-refractivity contribution is 5.71. The lowest BCUT2D eigenvalue weighted by Gasteiger charge is -2.18. The molecule has 0 amide bonds. The molecular formula is C48H92O6. The molecule has 0 aliphatic carbocycles. The molecule has 6 heteroatoms. The summed E-state index contributed by atoms with van der Waals surface area (Å²) >= 11 is 0. The number of rotatable bonds is 41. The van der Waals surface area contributed by atoms with Gasteiger partial charge >= 0.3 is 17.9 Å². The quantitative estimate of drug-likeness (QED) is 0.0350. The molecule has 2 unspecified atom stereocenters. The summed E-state index contributed by atoms with van der Waals surface area (Å²) in [4.78, 5) is 37.7. The third kappa shape index (κ3) is 38.7. The van der Waals surface area contributed by atoms with Crippen LogP contribution in [0.4, 0.5) is 0 Å². The Morgan fingerprint density at radius 3 is 0.963 bits per heavy atom. The van der Waals surface area contributed by atoms with E-state index in [0.29, 0.717) is 19.3 Å². The number of carbonyl (C=O) groups is 3. The van der Waals surface area contributed by atoms with Crippen molar-refractivity contribution in [1.82, 2.24) is 0 Å². The average Bonchev–Trinajstić information content (AvgIpc) is 3.15. The number of ether oxygens (including phenoxy) is 3. The van der Waals surface area contributed by atoms with Gasteiger partial charge in [-0.1, -0.05) is 215 Å². The van der Waals surface area contributed by atoms with E-state index in [1.54, 1.807) is 0 Å². The molecule has 0 radical (unpaired) electrons. The van der Waals surface area contributed by atoms with Gasteiger partial charge in [0.15, 0.2) is 6.10 Å². The molecule has 320 valence electrons. The van der Waals surface area contributed by atoms with Gasteiger partial charge in [0.25, 0.3) is 0 Å². The normalized spacial score (nSPS) is 13.2. The molecule has 0 aliphatic rings. The fourth-order valence-electron chi connectivity index (χ4n) is 6.99. The van der Waals surface area contributed by atoms with Crippen molar-refractivity contribution < 1.29 is 28.6 Å². The Kier molecular flexibility index (Phi) is 38.5.